The van der Waals surface area contributed by atoms with Crippen LogP contribution in [0.2, 0.25) is 5.02 Å². The lowest BCUT2D eigenvalue weighted by Gasteiger charge is -2.24. The number of anilines is 1. The highest BCUT2D eigenvalue weighted by Crippen LogP contribution is 2.33. The van der Waals surface area contributed by atoms with Crippen LogP contribution in [-0.2, 0) is 20.6 Å². The number of benzene rings is 2. The van der Waals surface area contributed by atoms with Crippen molar-refractivity contribution in [1.82, 2.24) is 5.32 Å². The lowest BCUT2D eigenvalue weighted by atomic mass is 10.2. The molecule has 0 saturated heterocycles. The van der Waals surface area contributed by atoms with Crippen LogP contribution in [0.5, 0.6) is 11.5 Å². The molecule has 0 spiro atoms. The maximum absolute atomic E-state index is 12.4. The molecule has 0 atom stereocenters. The van der Waals surface area contributed by atoms with Crippen LogP contribution in [0.1, 0.15) is 12.0 Å². The van der Waals surface area contributed by atoms with E-state index >= 15 is 0 Å². The molecule has 2 aromatic rings. The Morgan fingerprint density at radius 1 is 1.16 bits per heavy atom. The predicted molar refractivity (Wildman–Crippen MR) is 127 cm³/mol. The number of carbonyl (C=O) groups excluding carboxylic acids is 1. The molecule has 0 bridgehead atoms. The number of nitrogens with zero attached hydrogens (tertiary/aromatic N) is 1. The molecule has 0 unspecified atom stereocenters. The SMILES string of the molecule is COc1ccc(OC)c(N(CC(=O)NCCCSCc2ccccc2Cl)S(C)(=O)=O)c1. The molecular formula is C21H27ClN2O5S2. The number of thioether (sulfide) groups is 1. The van der Waals surface area contributed by atoms with Gasteiger partial charge in [0, 0.05) is 23.4 Å². The van der Waals surface area contributed by atoms with E-state index in [4.69, 9.17) is 21.1 Å². The van der Waals surface area contributed by atoms with E-state index in [1.54, 1.807) is 23.9 Å². The zero-order valence-corrected chi connectivity index (χ0v) is 20.1. The summed E-state index contributed by atoms with van der Waals surface area (Å²) >= 11 is 7.87. The Labute approximate surface area is 193 Å². The topological polar surface area (TPSA) is 84.9 Å². The number of nitrogens with one attached hydrogen (secondary N) is 1. The first-order valence-electron chi connectivity index (χ1n) is 9.54. The van der Waals surface area contributed by atoms with Crippen LogP contribution >= 0.6 is 23.4 Å². The Balaban J connectivity index is 1.89. The van der Waals surface area contributed by atoms with Crippen LogP contribution in [0.25, 0.3) is 0 Å². The van der Waals surface area contributed by atoms with E-state index in [0.717, 1.165) is 39.1 Å². The number of amides is 1. The van der Waals surface area contributed by atoms with Gasteiger partial charge >= 0.3 is 0 Å². The van der Waals surface area contributed by atoms with E-state index in [1.807, 2.05) is 24.3 Å². The van der Waals surface area contributed by atoms with Crippen molar-refractivity contribution in [2.45, 2.75) is 12.2 Å². The molecule has 31 heavy (non-hydrogen) atoms. The van der Waals surface area contributed by atoms with E-state index in [-0.39, 0.29) is 12.2 Å². The highest BCUT2D eigenvalue weighted by atomic mass is 35.5. The summed E-state index contributed by atoms with van der Waals surface area (Å²) in [5.74, 6) is 2.03. The lowest BCUT2D eigenvalue weighted by molar-refractivity contribution is -0.119. The number of hydrogen-bond donors (Lipinski definition) is 1. The molecule has 0 heterocycles. The molecule has 1 N–H and O–H groups in total. The summed E-state index contributed by atoms with van der Waals surface area (Å²) < 4.78 is 36.1. The summed E-state index contributed by atoms with van der Waals surface area (Å²) in [6.07, 6.45) is 1.80. The zero-order valence-electron chi connectivity index (χ0n) is 17.8. The third-order valence-corrected chi connectivity index (χ3v) is 6.93. The first-order valence-corrected chi connectivity index (χ1v) is 12.9. The van der Waals surface area contributed by atoms with E-state index in [0.29, 0.717) is 18.0 Å². The predicted octanol–water partition coefficient (Wildman–Crippen LogP) is 3.56. The molecule has 0 aromatic heterocycles. The molecule has 2 rings (SSSR count). The van der Waals surface area contributed by atoms with Gasteiger partial charge in [-0.3, -0.25) is 9.10 Å². The molecular weight excluding hydrogens is 460 g/mol. The first kappa shape index (κ1) is 25.2. The molecule has 0 aliphatic rings. The van der Waals surface area contributed by atoms with Crippen LogP contribution < -0.4 is 19.1 Å². The molecule has 7 nitrogen and oxygen atoms in total. The summed E-state index contributed by atoms with van der Waals surface area (Å²) in [6.45, 7) is 0.0936. The van der Waals surface area contributed by atoms with Crippen molar-refractivity contribution in [3.05, 3.63) is 53.1 Å². The van der Waals surface area contributed by atoms with Crippen LogP contribution in [0.4, 0.5) is 5.69 Å². The minimum absolute atomic E-state index is 0.245. The van der Waals surface area contributed by atoms with Gasteiger partial charge in [0.15, 0.2) is 0 Å². The quantitative estimate of drug-likeness (QED) is 0.462. The largest absolute Gasteiger partial charge is 0.497 e. The fourth-order valence-electron chi connectivity index (χ4n) is 2.76. The van der Waals surface area contributed by atoms with Gasteiger partial charge in [0.2, 0.25) is 15.9 Å². The molecule has 0 aliphatic heterocycles. The highest BCUT2D eigenvalue weighted by molar-refractivity contribution is 7.98. The second kappa shape index (κ2) is 12.1. The maximum atomic E-state index is 12.4. The summed E-state index contributed by atoms with van der Waals surface area (Å²) in [5, 5.41) is 3.52. The van der Waals surface area contributed by atoms with Crippen molar-refractivity contribution >= 4 is 45.0 Å². The number of methoxy groups -OCH3 is 2. The number of rotatable bonds is 12. The third-order valence-electron chi connectivity index (χ3n) is 4.35. The maximum Gasteiger partial charge on any atom is 0.240 e. The standard InChI is InChI=1S/C21H27ClN2O5S2/c1-28-17-9-10-20(29-2)19(13-17)24(31(3,26)27)14-21(25)23-11-6-12-30-15-16-7-4-5-8-18(16)22/h4-5,7-10,13H,6,11-12,14-15H2,1-3H3,(H,23,25). The zero-order chi connectivity index (χ0) is 22.9. The second-order valence-corrected chi connectivity index (χ2v) is 10.1. The van der Waals surface area contributed by atoms with Crippen LogP contribution in [-0.4, -0.2) is 53.6 Å². The van der Waals surface area contributed by atoms with Crippen LogP contribution in [0.15, 0.2) is 42.5 Å². The number of ether oxygens (including phenoxy) is 2. The van der Waals surface area contributed by atoms with E-state index in [2.05, 4.69) is 5.32 Å². The van der Waals surface area contributed by atoms with Crippen molar-refractivity contribution < 1.29 is 22.7 Å². The normalized spacial score (nSPS) is 11.1. The number of sulfonamides is 1. The third kappa shape index (κ3) is 7.83. The Bertz CT molecular complexity index is 985. The lowest BCUT2D eigenvalue weighted by Crippen LogP contribution is -2.40. The van der Waals surface area contributed by atoms with E-state index in [9.17, 15) is 13.2 Å². The summed E-state index contributed by atoms with van der Waals surface area (Å²) in [6, 6.07) is 12.5. The fourth-order valence-corrected chi connectivity index (χ4v) is 4.86. The van der Waals surface area contributed by atoms with Gasteiger partial charge in [-0.05, 0) is 35.9 Å². The highest BCUT2D eigenvalue weighted by Gasteiger charge is 2.24. The smallest absolute Gasteiger partial charge is 0.240 e. The molecule has 0 radical (unpaired) electrons. The first-order chi connectivity index (χ1) is 14.8. The molecule has 0 fully saturated rings. The van der Waals surface area contributed by atoms with Gasteiger partial charge < -0.3 is 14.8 Å². The van der Waals surface area contributed by atoms with Gasteiger partial charge in [-0.25, -0.2) is 8.42 Å². The minimum Gasteiger partial charge on any atom is -0.497 e. The van der Waals surface area contributed by atoms with Gasteiger partial charge in [0.05, 0.1) is 26.2 Å². The summed E-state index contributed by atoms with van der Waals surface area (Å²) in [7, 11) is -0.809. The van der Waals surface area contributed by atoms with E-state index in [1.165, 1.54) is 20.3 Å². The molecule has 170 valence electrons. The second-order valence-electron chi connectivity index (χ2n) is 6.65. The average molecular weight is 487 g/mol. The fraction of sp³-hybridized carbons (Fsp3) is 0.381. The van der Waals surface area contributed by atoms with Gasteiger partial charge in [-0.2, -0.15) is 11.8 Å². The monoisotopic (exact) mass is 486 g/mol. The molecule has 0 saturated carbocycles. The molecule has 10 heteroatoms. The Morgan fingerprint density at radius 2 is 1.90 bits per heavy atom. The number of halogens is 1. The minimum atomic E-state index is -3.72. The Morgan fingerprint density at radius 3 is 2.55 bits per heavy atom. The van der Waals surface area contributed by atoms with E-state index < -0.39 is 15.9 Å². The molecule has 2 aromatic carbocycles. The van der Waals surface area contributed by atoms with Gasteiger partial charge in [-0.1, -0.05) is 29.8 Å². The average Bonchev–Trinajstić information content (AvgIpc) is 2.74. The molecule has 0 aliphatic carbocycles. The van der Waals surface area contributed by atoms with Crippen LogP contribution in [0.3, 0.4) is 0 Å². The van der Waals surface area contributed by atoms with Crippen molar-refractivity contribution in [2.75, 3.05) is 43.6 Å². The summed E-state index contributed by atoms with van der Waals surface area (Å²) in [4.78, 5) is 12.4. The Kier molecular flexibility index (Phi) is 9.80. The van der Waals surface area contributed by atoms with Gasteiger partial charge in [0.1, 0.15) is 18.0 Å². The Hall–Kier alpha value is -2.10. The number of carbonyl (C=O) groups is 1. The van der Waals surface area contributed by atoms with Gasteiger partial charge in [0.25, 0.3) is 0 Å². The van der Waals surface area contributed by atoms with Crippen LogP contribution in [0, 0.1) is 0 Å². The van der Waals surface area contributed by atoms with Crippen molar-refractivity contribution in [2.24, 2.45) is 0 Å². The van der Waals surface area contributed by atoms with Crippen molar-refractivity contribution in [1.29, 1.82) is 0 Å². The van der Waals surface area contributed by atoms with Gasteiger partial charge in [-0.15, -0.1) is 0 Å². The van der Waals surface area contributed by atoms with Crippen molar-refractivity contribution in [3.63, 3.8) is 0 Å². The summed E-state index contributed by atoms with van der Waals surface area (Å²) in [5.41, 5.74) is 1.32. The number of hydrogen-bond acceptors (Lipinski definition) is 6. The van der Waals surface area contributed by atoms with Crippen molar-refractivity contribution in [3.8, 4) is 11.5 Å². The molecule has 1 amide bonds.